The third-order valence-corrected chi connectivity index (χ3v) is 2.98. The summed E-state index contributed by atoms with van der Waals surface area (Å²) in [5, 5.41) is 0.888. The molecule has 0 aliphatic rings. The highest BCUT2D eigenvalue weighted by molar-refractivity contribution is 6.37. The van der Waals surface area contributed by atoms with E-state index in [1.54, 1.807) is 25.1 Å². The van der Waals surface area contributed by atoms with Crippen LogP contribution in [0.25, 0.3) is 0 Å². The minimum Gasteiger partial charge on any atom is -0.370 e. The van der Waals surface area contributed by atoms with Crippen LogP contribution in [-0.2, 0) is 4.74 Å². The monoisotopic (exact) mass is 274 g/mol. The number of ether oxygens (including phenoxy) is 1. The molecule has 0 saturated carbocycles. The van der Waals surface area contributed by atoms with E-state index in [0.717, 1.165) is 12.8 Å². The zero-order valence-corrected chi connectivity index (χ0v) is 11.5. The highest BCUT2D eigenvalue weighted by Gasteiger charge is 2.18. The number of ketones is 1. The first kappa shape index (κ1) is 14.5. The largest absolute Gasteiger partial charge is 0.370 e. The van der Waals surface area contributed by atoms with Crippen LogP contribution < -0.4 is 0 Å². The Kier molecular flexibility index (Phi) is 5.96. The molecule has 0 aliphatic heterocycles. The Morgan fingerprint density at radius 2 is 2.12 bits per heavy atom. The zero-order chi connectivity index (χ0) is 12.8. The van der Waals surface area contributed by atoms with Crippen LogP contribution in [0.15, 0.2) is 18.2 Å². The van der Waals surface area contributed by atoms with E-state index in [9.17, 15) is 4.79 Å². The van der Waals surface area contributed by atoms with Crippen molar-refractivity contribution in [2.24, 2.45) is 0 Å². The van der Waals surface area contributed by atoms with Gasteiger partial charge in [-0.3, -0.25) is 4.79 Å². The maximum Gasteiger partial charge on any atom is 0.192 e. The van der Waals surface area contributed by atoms with Gasteiger partial charge >= 0.3 is 0 Å². The van der Waals surface area contributed by atoms with E-state index in [1.165, 1.54) is 0 Å². The Morgan fingerprint density at radius 3 is 2.71 bits per heavy atom. The molecular formula is C13H16Cl2O2. The normalized spacial score (nSPS) is 12.5. The number of benzene rings is 1. The van der Waals surface area contributed by atoms with Crippen LogP contribution in [0.2, 0.25) is 10.0 Å². The molecule has 1 aromatic carbocycles. The van der Waals surface area contributed by atoms with Crippen molar-refractivity contribution in [1.29, 1.82) is 0 Å². The van der Waals surface area contributed by atoms with Gasteiger partial charge in [0.25, 0.3) is 0 Å². The third kappa shape index (κ3) is 4.30. The Bertz CT molecular complexity index is 391. The first-order valence-corrected chi connectivity index (χ1v) is 6.42. The lowest BCUT2D eigenvalue weighted by molar-refractivity contribution is 0.0468. The maximum atomic E-state index is 12.0. The molecule has 0 saturated heterocycles. The van der Waals surface area contributed by atoms with E-state index in [4.69, 9.17) is 27.9 Å². The first-order chi connectivity index (χ1) is 8.06. The zero-order valence-electron chi connectivity index (χ0n) is 10.0. The van der Waals surface area contributed by atoms with E-state index in [1.807, 2.05) is 0 Å². The Morgan fingerprint density at radius 1 is 1.41 bits per heavy atom. The number of rotatable bonds is 6. The highest BCUT2D eigenvalue weighted by atomic mass is 35.5. The van der Waals surface area contributed by atoms with Gasteiger partial charge in [-0.15, -0.1) is 0 Å². The van der Waals surface area contributed by atoms with E-state index in [-0.39, 0.29) is 5.78 Å². The molecule has 94 valence electrons. The molecule has 0 amide bonds. The molecule has 1 rings (SSSR count). The average molecular weight is 275 g/mol. The van der Waals surface area contributed by atoms with Crippen molar-refractivity contribution in [3.05, 3.63) is 33.8 Å². The topological polar surface area (TPSA) is 26.3 Å². The molecule has 4 heteroatoms. The lowest BCUT2D eigenvalue weighted by Gasteiger charge is -2.12. The second-order valence-corrected chi connectivity index (χ2v) is 4.70. The Hall–Kier alpha value is -0.570. The van der Waals surface area contributed by atoms with Crippen molar-refractivity contribution in [2.45, 2.75) is 32.8 Å². The van der Waals surface area contributed by atoms with Crippen LogP contribution in [0.5, 0.6) is 0 Å². The predicted molar refractivity (Wildman–Crippen MR) is 71.1 cm³/mol. The summed E-state index contributed by atoms with van der Waals surface area (Å²) in [6.07, 6.45) is 1.52. The minimum absolute atomic E-state index is 0.109. The summed E-state index contributed by atoms with van der Waals surface area (Å²) >= 11 is 11.7. The fourth-order valence-electron chi connectivity index (χ4n) is 1.39. The van der Waals surface area contributed by atoms with Gasteiger partial charge in [0.1, 0.15) is 6.10 Å². The molecule has 0 bridgehead atoms. The predicted octanol–water partition coefficient (Wildman–Crippen LogP) is 4.38. The molecule has 0 fully saturated rings. The molecule has 1 aromatic rings. The summed E-state index contributed by atoms with van der Waals surface area (Å²) in [7, 11) is 0. The number of carbonyl (C=O) groups is 1. The summed E-state index contributed by atoms with van der Waals surface area (Å²) in [6, 6.07) is 4.85. The minimum atomic E-state index is -0.472. The van der Waals surface area contributed by atoms with Crippen molar-refractivity contribution in [3.8, 4) is 0 Å². The van der Waals surface area contributed by atoms with Gasteiger partial charge in [-0.05, 0) is 31.5 Å². The number of hydrogen-bond acceptors (Lipinski definition) is 2. The Labute approximate surface area is 112 Å². The van der Waals surface area contributed by atoms with E-state index in [2.05, 4.69) is 6.92 Å². The molecule has 0 spiro atoms. The third-order valence-electron chi connectivity index (χ3n) is 2.43. The van der Waals surface area contributed by atoms with Crippen molar-refractivity contribution in [3.63, 3.8) is 0 Å². The molecule has 0 N–H and O–H groups in total. The number of halogens is 2. The molecule has 0 aromatic heterocycles. The van der Waals surface area contributed by atoms with Crippen molar-refractivity contribution >= 4 is 29.0 Å². The molecule has 0 heterocycles. The molecule has 17 heavy (non-hydrogen) atoms. The van der Waals surface area contributed by atoms with E-state index in [0.29, 0.717) is 22.2 Å². The molecule has 0 radical (unpaired) electrons. The van der Waals surface area contributed by atoms with Gasteiger partial charge in [0.05, 0.1) is 5.02 Å². The standard InChI is InChI=1S/C13H16Cl2O2/c1-3-4-7-17-9(2)13(16)11-6-5-10(14)8-12(11)15/h5-6,8-9H,3-4,7H2,1-2H3. The van der Waals surface area contributed by atoms with Crippen LogP contribution in [0.3, 0.4) is 0 Å². The van der Waals surface area contributed by atoms with E-state index < -0.39 is 6.10 Å². The summed E-state index contributed by atoms with van der Waals surface area (Å²) in [5.41, 5.74) is 0.458. The maximum absolute atomic E-state index is 12.0. The molecular weight excluding hydrogens is 259 g/mol. The quantitative estimate of drug-likeness (QED) is 0.568. The summed E-state index contributed by atoms with van der Waals surface area (Å²) < 4.78 is 5.44. The van der Waals surface area contributed by atoms with Crippen molar-refractivity contribution in [1.82, 2.24) is 0 Å². The lowest BCUT2D eigenvalue weighted by atomic mass is 10.1. The fourth-order valence-corrected chi connectivity index (χ4v) is 1.89. The number of carbonyl (C=O) groups excluding carboxylic acids is 1. The number of unbranched alkanes of at least 4 members (excludes halogenated alkanes) is 1. The lowest BCUT2D eigenvalue weighted by Crippen LogP contribution is -2.21. The van der Waals surface area contributed by atoms with Gasteiger partial charge in [0, 0.05) is 17.2 Å². The van der Waals surface area contributed by atoms with Gasteiger partial charge in [-0.25, -0.2) is 0 Å². The molecule has 1 atom stereocenters. The number of Topliss-reactive ketones (excluding diaryl/α,β-unsaturated/α-hetero) is 1. The second kappa shape index (κ2) is 7.00. The van der Waals surface area contributed by atoms with Gasteiger partial charge in [-0.2, -0.15) is 0 Å². The van der Waals surface area contributed by atoms with Gasteiger partial charge in [0.15, 0.2) is 5.78 Å². The van der Waals surface area contributed by atoms with Crippen LogP contribution >= 0.6 is 23.2 Å². The highest BCUT2D eigenvalue weighted by Crippen LogP contribution is 2.22. The van der Waals surface area contributed by atoms with E-state index >= 15 is 0 Å². The molecule has 1 unspecified atom stereocenters. The van der Waals surface area contributed by atoms with Crippen molar-refractivity contribution in [2.75, 3.05) is 6.61 Å². The first-order valence-electron chi connectivity index (χ1n) is 5.67. The van der Waals surface area contributed by atoms with Crippen molar-refractivity contribution < 1.29 is 9.53 Å². The van der Waals surface area contributed by atoms with Gasteiger partial charge < -0.3 is 4.74 Å². The number of hydrogen-bond donors (Lipinski definition) is 0. The smallest absolute Gasteiger partial charge is 0.192 e. The van der Waals surface area contributed by atoms with Crippen LogP contribution in [-0.4, -0.2) is 18.5 Å². The van der Waals surface area contributed by atoms with Gasteiger partial charge in [-0.1, -0.05) is 36.5 Å². The Balaban J connectivity index is 2.68. The second-order valence-electron chi connectivity index (χ2n) is 3.85. The summed E-state index contributed by atoms with van der Waals surface area (Å²) in [4.78, 5) is 12.0. The summed E-state index contributed by atoms with van der Waals surface area (Å²) in [6.45, 7) is 4.41. The average Bonchev–Trinajstić information content (AvgIpc) is 2.28. The summed E-state index contributed by atoms with van der Waals surface area (Å²) in [5.74, 6) is -0.109. The SMILES string of the molecule is CCCCOC(C)C(=O)c1ccc(Cl)cc1Cl. The van der Waals surface area contributed by atoms with Crippen LogP contribution in [0.1, 0.15) is 37.0 Å². The molecule has 0 aliphatic carbocycles. The van der Waals surface area contributed by atoms with Gasteiger partial charge in [0.2, 0.25) is 0 Å². The van der Waals surface area contributed by atoms with Crippen LogP contribution in [0, 0.1) is 0 Å². The van der Waals surface area contributed by atoms with Crippen LogP contribution in [0.4, 0.5) is 0 Å². The molecule has 2 nitrogen and oxygen atoms in total. The fraction of sp³-hybridized carbons (Fsp3) is 0.462.